The van der Waals surface area contributed by atoms with Gasteiger partial charge in [-0.25, -0.2) is 0 Å². The molecule has 0 radical (unpaired) electrons. The number of hydrogen-bond acceptors (Lipinski definition) is 2. The third kappa shape index (κ3) is 1.94. The van der Waals surface area contributed by atoms with E-state index in [2.05, 4.69) is 10.6 Å². The second-order valence-electron chi connectivity index (χ2n) is 3.41. The van der Waals surface area contributed by atoms with E-state index in [1.165, 1.54) is 38.8 Å². The van der Waals surface area contributed by atoms with Crippen LogP contribution in [-0.2, 0) is 0 Å². The van der Waals surface area contributed by atoms with Crippen molar-refractivity contribution < 1.29 is 0 Å². The third-order valence-electron chi connectivity index (χ3n) is 2.70. The van der Waals surface area contributed by atoms with Crippen LogP contribution < -0.4 is 10.6 Å². The lowest BCUT2D eigenvalue weighted by Gasteiger charge is -2.37. The fourth-order valence-corrected chi connectivity index (χ4v) is 2.13. The topological polar surface area (TPSA) is 24.1 Å². The number of nitrogens with one attached hydrogen (secondary N) is 2. The van der Waals surface area contributed by atoms with Crippen molar-refractivity contribution in [1.29, 1.82) is 0 Å². The van der Waals surface area contributed by atoms with Gasteiger partial charge in [0.05, 0.1) is 0 Å². The third-order valence-corrected chi connectivity index (χ3v) is 2.70. The van der Waals surface area contributed by atoms with Crippen LogP contribution in [0.2, 0.25) is 0 Å². The summed E-state index contributed by atoms with van der Waals surface area (Å²) in [6.45, 7) is 2.34. The molecule has 2 rings (SSSR count). The van der Waals surface area contributed by atoms with Crippen molar-refractivity contribution in [1.82, 2.24) is 10.6 Å². The number of rotatable bonds is 0. The van der Waals surface area contributed by atoms with Crippen molar-refractivity contribution in [3.05, 3.63) is 0 Å². The fraction of sp³-hybridized carbons (Fsp3) is 1.00. The van der Waals surface area contributed by atoms with Crippen molar-refractivity contribution in [2.24, 2.45) is 0 Å². The highest BCUT2D eigenvalue weighted by Gasteiger charge is 2.26. The van der Waals surface area contributed by atoms with Gasteiger partial charge in [-0.2, -0.15) is 0 Å². The first-order valence-corrected chi connectivity index (χ1v) is 4.43. The molecule has 0 spiro atoms. The number of hydrogen-bond donors (Lipinski definition) is 2. The molecule has 0 aromatic carbocycles. The Morgan fingerprint density at radius 1 is 0.818 bits per heavy atom. The van der Waals surface area contributed by atoms with Gasteiger partial charge in [-0.15, -0.1) is 0 Å². The number of piperazine rings is 1. The molecule has 2 atom stereocenters. The number of fused-ring (bicyclic) bond motifs is 1. The van der Waals surface area contributed by atoms with Crippen LogP contribution in [0.25, 0.3) is 0 Å². The summed E-state index contributed by atoms with van der Waals surface area (Å²) in [7, 11) is 0. The smallest absolute Gasteiger partial charge is 0.0221 e. The molecule has 0 bridgehead atoms. The monoisotopic (exact) mass is 156 g/mol. The molecule has 1 aliphatic carbocycles. The summed E-state index contributed by atoms with van der Waals surface area (Å²) in [4.78, 5) is 0. The van der Waals surface area contributed by atoms with E-state index in [1.807, 2.05) is 0 Å². The van der Waals surface area contributed by atoms with E-state index in [4.69, 9.17) is 0 Å². The van der Waals surface area contributed by atoms with Gasteiger partial charge in [-0.05, 0) is 12.8 Å². The molecule has 1 heterocycles. The van der Waals surface area contributed by atoms with E-state index in [9.17, 15) is 0 Å². The SMILES string of the molecule is C.C1CCC2NCCNC2C1. The molecular formula is C9H20N2. The Morgan fingerprint density at radius 2 is 1.27 bits per heavy atom. The van der Waals surface area contributed by atoms with Crippen LogP contribution in [0.5, 0.6) is 0 Å². The molecule has 2 heteroatoms. The fourth-order valence-electron chi connectivity index (χ4n) is 2.13. The van der Waals surface area contributed by atoms with Gasteiger partial charge in [-0.1, -0.05) is 20.3 Å². The first-order valence-electron chi connectivity index (χ1n) is 4.43. The molecule has 1 saturated heterocycles. The molecule has 2 unspecified atom stereocenters. The van der Waals surface area contributed by atoms with Crippen LogP contribution in [0, 0.1) is 0 Å². The molecule has 2 aliphatic rings. The van der Waals surface area contributed by atoms with Crippen molar-refractivity contribution in [3.8, 4) is 0 Å². The molecule has 2 N–H and O–H groups in total. The van der Waals surface area contributed by atoms with Gasteiger partial charge >= 0.3 is 0 Å². The summed E-state index contributed by atoms with van der Waals surface area (Å²) in [5.74, 6) is 0. The van der Waals surface area contributed by atoms with Gasteiger partial charge in [0.1, 0.15) is 0 Å². The largest absolute Gasteiger partial charge is 0.311 e. The maximum atomic E-state index is 3.56. The molecule has 2 nitrogen and oxygen atoms in total. The van der Waals surface area contributed by atoms with Gasteiger partial charge < -0.3 is 10.6 Å². The van der Waals surface area contributed by atoms with E-state index in [0.717, 1.165) is 12.1 Å². The maximum absolute atomic E-state index is 3.56. The lowest BCUT2D eigenvalue weighted by Crippen LogP contribution is -2.56. The maximum Gasteiger partial charge on any atom is 0.0221 e. The lowest BCUT2D eigenvalue weighted by atomic mass is 9.89. The molecule has 0 amide bonds. The average Bonchev–Trinajstić information content (AvgIpc) is 2.05. The van der Waals surface area contributed by atoms with Gasteiger partial charge in [0.2, 0.25) is 0 Å². The van der Waals surface area contributed by atoms with Gasteiger partial charge in [-0.3, -0.25) is 0 Å². The van der Waals surface area contributed by atoms with Crippen molar-refractivity contribution in [2.45, 2.75) is 45.2 Å². The Hall–Kier alpha value is -0.0800. The minimum atomic E-state index is 0. The Morgan fingerprint density at radius 3 is 1.73 bits per heavy atom. The highest BCUT2D eigenvalue weighted by Crippen LogP contribution is 2.19. The molecule has 0 aromatic rings. The molecule has 1 aliphatic heterocycles. The van der Waals surface area contributed by atoms with Crippen molar-refractivity contribution in [2.75, 3.05) is 13.1 Å². The first-order chi connectivity index (χ1) is 4.97. The van der Waals surface area contributed by atoms with E-state index >= 15 is 0 Å². The van der Waals surface area contributed by atoms with E-state index < -0.39 is 0 Å². The Bertz CT molecular complexity index is 88.1. The summed E-state index contributed by atoms with van der Waals surface area (Å²) in [6.07, 6.45) is 5.63. The van der Waals surface area contributed by atoms with Crippen LogP contribution in [0.3, 0.4) is 0 Å². The molecule has 1 saturated carbocycles. The van der Waals surface area contributed by atoms with Crippen LogP contribution in [-0.4, -0.2) is 25.2 Å². The van der Waals surface area contributed by atoms with Crippen LogP contribution in [0.4, 0.5) is 0 Å². The van der Waals surface area contributed by atoms with Crippen molar-refractivity contribution >= 4 is 0 Å². The average molecular weight is 156 g/mol. The minimum absolute atomic E-state index is 0. The first kappa shape index (κ1) is 9.01. The summed E-state index contributed by atoms with van der Waals surface area (Å²) < 4.78 is 0. The van der Waals surface area contributed by atoms with Crippen LogP contribution in [0.15, 0.2) is 0 Å². The van der Waals surface area contributed by atoms with Crippen LogP contribution in [0.1, 0.15) is 33.1 Å². The standard InChI is InChI=1S/C8H16N2.CH4/c1-2-4-8-7(3-1)9-5-6-10-8;/h7-10H,1-6H2;1H4. The molecule has 2 fully saturated rings. The predicted molar refractivity (Wildman–Crippen MR) is 48.8 cm³/mol. The minimum Gasteiger partial charge on any atom is -0.311 e. The molecule has 66 valence electrons. The zero-order chi connectivity index (χ0) is 6.81. The highest BCUT2D eigenvalue weighted by molar-refractivity contribution is 4.89. The van der Waals surface area contributed by atoms with E-state index in [0.29, 0.717) is 0 Å². The Labute approximate surface area is 69.8 Å². The second-order valence-corrected chi connectivity index (χ2v) is 3.41. The van der Waals surface area contributed by atoms with Gasteiger partial charge in [0.25, 0.3) is 0 Å². The van der Waals surface area contributed by atoms with Gasteiger partial charge in [0, 0.05) is 25.2 Å². The van der Waals surface area contributed by atoms with Crippen molar-refractivity contribution in [3.63, 3.8) is 0 Å². The summed E-state index contributed by atoms with van der Waals surface area (Å²) in [5, 5.41) is 7.12. The summed E-state index contributed by atoms with van der Waals surface area (Å²) >= 11 is 0. The zero-order valence-corrected chi connectivity index (χ0v) is 6.40. The summed E-state index contributed by atoms with van der Waals surface area (Å²) in [6, 6.07) is 1.59. The Balaban J connectivity index is 0.000000605. The molecule has 11 heavy (non-hydrogen) atoms. The zero-order valence-electron chi connectivity index (χ0n) is 6.40. The predicted octanol–water partition coefficient (Wildman–Crippen LogP) is 1.13. The molecular weight excluding hydrogens is 136 g/mol. The van der Waals surface area contributed by atoms with Gasteiger partial charge in [0.15, 0.2) is 0 Å². The summed E-state index contributed by atoms with van der Waals surface area (Å²) in [5.41, 5.74) is 0. The Kier molecular flexibility index (Phi) is 3.34. The van der Waals surface area contributed by atoms with Crippen LogP contribution >= 0.6 is 0 Å². The second kappa shape index (κ2) is 4.07. The van der Waals surface area contributed by atoms with E-state index in [1.54, 1.807) is 0 Å². The lowest BCUT2D eigenvalue weighted by molar-refractivity contribution is 0.251. The van der Waals surface area contributed by atoms with E-state index in [-0.39, 0.29) is 7.43 Å². The normalized spacial score (nSPS) is 37.1. The quantitative estimate of drug-likeness (QED) is 0.549. The highest BCUT2D eigenvalue weighted by atomic mass is 15.1. The molecule has 0 aromatic heterocycles.